The Morgan fingerprint density at radius 3 is 2.62 bits per heavy atom. The van der Waals surface area contributed by atoms with Crippen LogP contribution in [0.4, 0.5) is 25.4 Å². The molecule has 8 nitrogen and oxygen atoms in total. The predicted molar refractivity (Wildman–Crippen MR) is 121 cm³/mol. The van der Waals surface area contributed by atoms with Crippen LogP contribution in [-0.2, 0) is 6.54 Å². The number of rotatable bonds is 4. The Hall–Kier alpha value is -3.20. The number of anilines is 2. The van der Waals surface area contributed by atoms with E-state index in [9.17, 15) is 9.59 Å². The number of aromatic nitrogens is 1. The van der Waals surface area contributed by atoms with E-state index in [4.69, 9.17) is 0 Å². The van der Waals surface area contributed by atoms with Crippen LogP contribution < -0.4 is 10.6 Å². The molecule has 0 bridgehead atoms. The number of benzene rings is 1. The number of carbonyl (C=O) groups is 2. The van der Waals surface area contributed by atoms with Crippen LogP contribution in [0.2, 0.25) is 0 Å². The second-order valence-corrected chi connectivity index (χ2v) is 8.43. The van der Waals surface area contributed by atoms with Gasteiger partial charge in [0.05, 0.1) is 5.69 Å². The van der Waals surface area contributed by atoms with E-state index in [0.717, 1.165) is 25.2 Å². The van der Waals surface area contributed by atoms with Crippen molar-refractivity contribution in [1.82, 2.24) is 19.7 Å². The summed E-state index contributed by atoms with van der Waals surface area (Å²) in [7, 11) is 0. The number of nitrogens with zero attached hydrogens (tertiary/aromatic N) is 4. The number of piperazine rings is 1. The van der Waals surface area contributed by atoms with Gasteiger partial charge >= 0.3 is 12.1 Å². The Kier molecular flexibility index (Phi) is 6.55. The fraction of sp³-hybridized carbons (Fsp3) is 0.435. The van der Waals surface area contributed by atoms with Gasteiger partial charge in [0.2, 0.25) is 0 Å². The van der Waals surface area contributed by atoms with Gasteiger partial charge in [-0.3, -0.25) is 9.88 Å². The molecule has 2 saturated heterocycles. The van der Waals surface area contributed by atoms with Gasteiger partial charge in [-0.2, -0.15) is 0 Å². The van der Waals surface area contributed by atoms with Gasteiger partial charge in [-0.25, -0.2) is 14.0 Å². The molecular weight excluding hydrogens is 411 g/mol. The van der Waals surface area contributed by atoms with E-state index in [0.29, 0.717) is 37.4 Å². The van der Waals surface area contributed by atoms with E-state index in [1.54, 1.807) is 36.5 Å². The second-order valence-electron chi connectivity index (χ2n) is 8.43. The van der Waals surface area contributed by atoms with Crippen molar-refractivity contribution >= 4 is 23.4 Å². The summed E-state index contributed by atoms with van der Waals surface area (Å²) in [5, 5.41) is 5.28. The lowest BCUT2D eigenvalue weighted by Gasteiger charge is -2.43. The smallest absolute Gasteiger partial charge is 0.323 e. The minimum absolute atomic E-state index is 0.107. The average molecular weight is 441 g/mol. The van der Waals surface area contributed by atoms with Gasteiger partial charge in [-0.15, -0.1) is 0 Å². The van der Waals surface area contributed by atoms with Crippen LogP contribution in [0.3, 0.4) is 0 Å². The summed E-state index contributed by atoms with van der Waals surface area (Å²) < 4.78 is 15.1. The second kappa shape index (κ2) is 9.52. The molecule has 1 aromatic heterocycles. The van der Waals surface area contributed by atoms with Crippen LogP contribution in [0.15, 0.2) is 36.5 Å². The van der Waals surface area contributed by atoms with Crippen LogP contribution in [0.5, 0.6) is 0 Å². The summed E-state index contributed by atoms with van der Waals surface area (Å²) in [6.07, 6.45) is 2.68. The van der Waals surface area contributed by atoms with E-state index in [-0.39, 0.29) is 17.8 Å². The largest absolute Gasteiger partial charge is 0.325 e. The zero-order valence-electron chi connectivity index (χ0n) is 18.5. The third-order valence-corrected chi connectivity index (χ3v) is 6.02. The number of hydrogen-bond acceptors (Lipinski definition) is 4. The molecule has 170 valence electrons. The lowest BCUT2D eigenvalue weighted by Crippen LogP contribution is -2.58. The zero-order chi connectivity index (χ0) is 22.7. The summed E-state index contributed by atoms with van der Waals surface area (Å²) >= 11 is 0. The fourth-order valence-electron chi connectivity index (χ4n) is 4.04. The molecule has 0 unspecified atom stereocenters. The highest BCUT2D eigenvalue weighted by molar-refractivity contribution is 5.99. The van der Waals surface area contributed by atoms with Crippen molar-refractivity contribution in [3.05, 3.63) is 53.6 Å². The van der Waals surface area contributed by atoms with E-state index in [1.807, 2.05) is 16.7 Å². The molecule has 32 heavy (non-hydrogen) atoms. The van der Waals surface area contributed by atoms with Crippen molar-refractivity contribution in [2.24, 2.45) is 0 Å². The maximum Gasteiger partial charge on any atom is 0.323 e. The molecule has 2 aromatic rings. The van der Waals surface area contributed by atoms with Gasteiger partial charge in [-0.1, -0.05) is 12.1 Å². The molecule has 0 spiro atoms. The number of pyridine rings is 1. The number of carbonyl (C=O) groups excluding carboxylic acids is 2. The lowest BCUT2D eigenvalue weighted by molar-refractivity contribution is 0.0665. The highest BCUT2D eigenvalue weighted by Crippen LogP contribution is 2.23. The van der Waals surface area contributed by atoms with E-state index < -0.39 is 11.8 Å². The minimum atomic E-state index is -0.516. The molecule has 2 fully saturated rings. The summed E-state index contributed by atoms with van der Waals surface area (Å²) in [6, 6.07) is 8.13. The number of halogens is 1. The molecule has 0 radical (unpaired) electrons. The predicted octanol–water partition coefficient (Wildman–Crippen LogP) is 3.50. The highest BCUT2D eigenvalue weighted by Gasteiger charge is 2.31. The van der Waals surface area contributed by atoms with Crippen molar-refractivity contribution in [2.75, 3.05) is 43.4 Å². The van der Waals surface area contributed by atoms with Crippen LogP contribution in [0.25, 0.3) is 0 Å². The lowest BCUT2D eigenvalue weighted by atomic mass is 10.1. The van der Waals surface area contributed by atoms with Crippen LogP contribution in [0, 0.1) is 12.7 Å². The summed E-state index contributed by atoms with van der Waals surface area (Å²) in [5.74, 6) is -0.445. The Balaban J connectivity index is 1.36. The minimum Gasteiger partial charge on any atom is -0.325 e. The van der Waals surface area contributed by atoms with Crippen molar-refractivity contribution < 1.29 is 14.0 Å². The molecular formula is C23H29FN6O2. The fourth-order valence-corrected chi connectivity index (χ4v) is 4.04. The van der Waals surface area contributed by atoms with Crippen molar-refractivity contribution in [3.63, 3.8) is 0 Å². The Morgan fingerprint density at radius 2 is 1.94 bits per heavy atom. The standard InChI is InChI=1S/C23H29FN6O2/c1-16-13-19(7-8-25-16)26-22(31)27-20-6-3-5-18(21(20)24)15-29-11-12-30(14-17(29)2)23(32)28-9-4-10-28/h3,5-8,13,17H,4,9-12,14-15H2,1-2H3,(H2,25,26,27,31)/t17-/m0/s1. The molecule has 4 amide bonds. The first kappa shape index (κ1) is 22.0. The van der Waals surface area contributed by atoms with Crippen molar-refractivity contribution in [2.45, 2.75) is 32.9 Å². The molecule has 0 aliphatic carbocycles. The molecule has 4 rings (SSSR count). The molecule has 1 aromatic carbocycles. The van der Waals surface area contributed by atoms with Crippen molar-refractivity contribution in [3.8, 4) is 0 Å². The average Bonchev–Trinajstić information content (AvgIpc) is 2.71. The molecule has 2 aliphatic rings. The van der Waals surface area contributed by atoms with Gasteiger partial charge in [0.15, 0.2) is 5.82 Å². The maximum atomic E-state index is 15.1. The molecule has 1 atom stereocenters. The number of hydrogen-bond donors (Lipinski definition) is 2. The van der Waals surface area contributed by atoms with Crippen LogP contribution in [-0.4, -0.2) is 70.5 Å². The maximum absolute atomic E-state index is 15.1. The van der Waals surface area contributed by atoms with E-state index in [1.165, 1.54) is 0 Å². The Bertz CT molecular complexity index is 996. The Morgan fingerprint density at radius 1 is 1.12 bits per heavy atom. The van der Waals surface area contributed by atoms with E-state index >= 15 is 4.39 Å². The topological polar surface area (TPSA) is 80.8 Å². The number of likely N-dealkylation sites (tertiary alicyclic amines) is 1. The highest BCUT2D eigenvalue weighted by atomic mass is 19.1. The van der Waals surface area contributed by atoms with E-state index in [2.05, 4.69) is 27.4 Å². The number of nitrogens with one attached hydrogen (secondary N) is 2. The van der Waals surface area contributed by atoms with Crippen LogP contribution >= 0.6 is 0 Å². The van der Waals surface area contributed by atoms with Gasteiger partial charge in [0.1, 0.15) is 0 Å². The third-order valence-electron chi connectivity index (χ3n) is 6.02. The quantitative estimate of drug-likeness (QED) is 0.763. The number of urea groups is 2. The summed E-state index contributed by atoms with van der Waals surface area (Å²) in [4.78, 5) is 34.8. The first-order chi connectivity index (χ1) is 15.4. The molecule has 2 aliphatic heterocycles. The first-order valence-corrected chi connectivity index (χ1v) is 11.0. The molecule has 3 heterocycles. The monoisotopic (exact) mass is 440 g/mol. The van der Waals surface area contributed by atoms with Gasteiger partial charge in [0, 0.05) is 68.5 Å². The van der Waals surface area contributed by atoms with Gasteiger partial charge in [-0.05, 0) is 38.5 Å². The summed E-state index contributed by atoms with van der Waals surface area (Å²) in [6.45, 7) is 7.92. The Labute approximate surface area is 187 Å². The summed E-state index contributed by atoms with van der Waals surface area (Å²) in [5.41, 5.74) is 2.00. The van der Waals surface area contributed by atoms with Crippen molar-refractivity contribution in [1.29, 1.82) is 0 Å². The first-order valence-electron chi connectivity index (χ1n) is 11.0. The normalized spacial score (nSPS) is 18.8. The molecule has 2 N–H and O–H groups in total. The van der Waals surface area contributed by atoms with Gasteiger partial charge in [0.25, 0.3) is 0 Å². The zero-order valence-corrected chi connectivity index (χ0v) is 18.5. The third kappa shape index (κ3) is 4.99. The SMILES string of the molecule is Cc1cc(NC(=O)Nc2cccc(CN3CCN(C(=O)N4CCC4)C[C@@H]3C)c2F)ccn1. The molecule has 9 heteroatoms. The number of aryl methyl sites for hydroxylation is 1. The number of amides is 4. The molecule has 0 saturated carbocycles. The van der Waals surface area contributed by atoms with Crippen LogP contribution in [0.1, 0.15) is 24.6 Å². The van der Waals surface area contributed by atoms with Gasteiger partial charge < -0.3 is 20.4 Å².